The Morgan fingerprint density at radius 3 is 2.29 bits per heavy atom. The van der Waals surface area contributed by atoms with Crippen molar-refractivity contribution >= 4 is 5.82 Å². The number of aromatic nitrogens is 2. The van der Waals surface area contributed by atoms with Crippen molar-refractivity contribution in [2.24, 2.45) is 5.84 Å². The molecule has 0 aliphatic rings. The van der Waals surface area contributed by atoms with Gasteiger partial charge in [0.15, 0.2) is 11.6 Å². The van der Waals surface area contributed by atoms with Crippen LogP contribution in [0.15, 0.2) is 0 Å². The summed E-state index contributed by atoms with van der Waals surface area (Å²) in [7, 11) is 0. The number of nitrogens with two attached hydrogens (primary N) is 1. The van der Waals surface area contributed by atoms with Crippen molar-refractivity contribution in [1.82, 2.24) is 9.97 Å². The average molecular weight is 198 g/mol. The summed E-state index contributed by atoms with van der Waals surface area (Å²) < 4.78 is 13.3. The normalized spacial score (nSPS) is 11.6. The van der Waals surface area contributed by atoms with E-state index in [2.05, 4.69) is 15.4 Å². The molecule has 0 spiro atoms. The number of anilines is 1. The molecular formula is C9H15FN4. The van der Waals surface area contributed by atoms with Crippen LogP contribution in [0.3, 0.4) is 0 Å². The van der Waals surface area contributed by atoms with E-state index >= 15 is 0 Å². The maximum absolute atomic E-state index is 13.3. The van der Waals surface area contributed by atoms with Crippen molar-refractivity contribution in [3.63, 3.8) is 0 Å². The Morgan fingerprint density at radius 2 is 1.86 bits per heavy atom. The number of rotatable bonds is 1. The lowest BCUT2D eigenvalue weighted by atomic mass is 9.95. The molecule has 1 heterocycles. The third kappa shape index (κ3) is 1.98. The Hall–Kier alpha value is -1.23. The Morgan fingerprint density at radius 1 is 1.29 bits per heavy atom. The number of hydrogen-bond acceptors (Lipinski definition) is 4. The topological polar surface area (TPSA) is 63.8 Å². The molecule has 0 saturated heterocycles. The zero-order valence-corrected chi connectivity index (χ0v) is 8.85. The van der Waals surface area contributed by atoms with E-state index in [1.54, 1.807) is 6.92 Å². The van der Waals surface area contributed by atoms with Crippen LogP contribution < -0.4 is 11.3 Å². The van der Waals surface area contributed by atoms with E-state index in [-0.39, 0.29) is 11.2 Å². The number of halogens is 1. The van der Waals surface area contributed by atoms with Crippen LogP contribution in [0, 0.1) is 12.7 Å². The monoisotopic (exact) mass is 198 g/mol. The summed E-state index contributed by atoms with van der Waals surface area (Å²) in [5.74, 6) is 5.27. The average Bonchev–Trinajstić information content (AvgIpc) is 2.07. The smallest absolute Gasteiger partial charge is 0.187 e. The van der Waals surface area contributed by atoms with Crippen LogP contribution in [0.1, 0.15) is 32.3 Å². The lowest BCUT2D eigenvalue weighted by molar-refractivity contribution is 0.526. The summed E-state index contributed by atoms with van der Waals surface area (Å²) in [5, 5.41) is 0. The molecule has 3 N–H and O–H groups in total. The number of aryl methyl sites for hydroxylation is 1. The lowest BCUT2D eigenvalue weighted by Crippen LogP contribution is -2.21. The van der Waals surface area contributed by atoms with E-state index in [1.807, 2.05) is 20.8 Å². The Labute approximate surface area is 82.7 Å². The largest absolute Gasteiger partial charge is 0.306 e. The van der Waals surface area contributed by atoms with Gasteiger partial charge in [-0.05, 0) is 6.92 Å². The molecule has 1 aromatic rings. The third-order valence-corrected chi connectivity index (χ3v) is 1.82. The van der Waals surface area contributed by atoms with Gasteiger partial charge in [-0.1, -0.05) is 20.8 Å². The fourth-order valence-electron chi connectivity index (χ4n) is 0.990. The molecule has 0 bridgehead atoms. The minimum atomic E-state index is -0.500. The van der Waals surface area contributed by atoms with Gasteiger partial charge in [0, 0.05) is 5.41 Å². The van der Waals surface area contributed by atoms with Crippen LogP contribution in [0.4, 0.5) is 10.2 Å². The van der Waals surface area contributed by atoms with E-state index in [1.165, 1.54) is 0 Å². The molecule has 0 atom stereocenters. The molecule has 0 saturated carbocycles. The maximum Gasteiger partial charge on any atom is 0.187 e. The highest BCUT2D eigenvalue weighted by molar-refractivity contribution is 5.37. The van der Waals surface area contributed by atoms with Gasteiger partial charge in [0.2, 0.25) is 0 Å². The molecule has 0 radical (unpaired) electrons. The predicted molar refractivity (Wildman–Crippen MR) is 53.2 cm³/mol. The Balaban J connectivity index is 3.30. The molecule has 0 aliphatic carbocycles. The minimum absolute atomic E-state index is 0.0439. The summed E-state index contributed by atoms with van der Waals surface area (Å²) in [6.45, 7) is 7.47. The van der Waals surface area contributed by atoms with Crippen LogP contribution in [-0.2, 0) is 5.41 Å². The van der Waals surface area contributed by atoms with Gasteiger partial charge in [-0.25, -0.2) is 20.2 Å². The highest BCUT2D eigenvalue weighted by atomic mass is 19.1. The fraction of sp³-hybridized carbons (Fsp3) is 0.556. The Bertz CT molecular complexity index is 343. The van der Waals surface area contributed by atoms with Gasteiger partial charge in [0.25, 0.3) is 0 Å². The molecule has 1 rings (SSSR count). The van der Waals surface area contributed by atoms with Crippen molar-refractivity contribution < 1.29 is 4.39 Å². The van der Waals surface area contributed by atoms with Crippen molar-refractivity contribution in [3.05, 3.63) is 17.3 Å². The van der Waals surface area contributed by atoms with Crippen molar-refractivity contribution in [1.29, 1.82) is 0 Å². The zero-order valence-electron chi connectivity index (χ0n) is 8.85. The van der Waals surface area contributed by atoms with Crippen LogP contribution >= 0.6 is 0 Å². The SMILES string of the molecule is Cc1nc(C(C)(C)C)nc(NN)c1F. The van der Waals surface area contributed by atoms with Gasteiger partial charge in [0.05, 0.1) is 5.69 Å². The lowest BCUT2D eigenvalue weighted by Gasteiger charge is -2.18. The van der Waals surface area contributed by atoms with Crippen molar-refractivity contribution in [2.45, 2.75) is 33.1 Å². The van der Waals surface area contributed by atoms with Gasteiger partial charge in [-0.2, -0.15) is 0 Å². The van der Waals surface area contributed by atoms with E-state index in [4.69, 9.17) is 5.84 Å². The second-order valence-electron chi connectivity index (χ2n) is 4.19. The predicted octanol–water partition coefficient (Wildman–Crippen LogP) is 1.51. The summed E-state index contributed by atoms with van der Waals surface area (Å²) in [6, 6.07) is 0. The first-order valence-corrected chi connectivity index (χ1v) is 4.37. The molecule has 0 amide bonds. The molecule has 0 aliphatic heterocycles. The molecule has 0 fully saturated rings. The molecular weight excluding hydrogens is 183 g/mol. The van der Waals surface area contributed by atoms with Crippen molar-refractivity contribution in [2.75, 3.05) is 5.43 Å². The van der Waals surface area contributed by atoms with Gasteiger partial charge in [0.1, 0.15) is 5.82 Å². The maximum atomic E-state index is 13.3. The zero-order chi connectivity index (χ0) is 10.9. The van der Waals surface area contributed by atoms with Crippen LogP contribution in [0.25, 0.3) is 0 Å². The summed E-state index contributed by atoms with van der Waals surface area (Å²) in [4.78, 5) is 8.07. The minimum Gasteiger partial charge on any atom is -0.306 e. The van der Waals surface area contributed by atoms with Gasteiger partial charge in [-0.3, -0.25) is 0 Å². The first kappa shape index (κ1) is 10.8. The number of nitrogen functional groups attached to an aromatic ring is 1. The van der Waals surface area contributed by atoms with Gasteiger partial charge < -0.3 is 5.43 Å². The Kier molecular flexibility index (Phi) is 2.71. The summed E-state index contributed by atoms with van der Waals surface area (Å²) in [6.07, 6.45) is 0. The van der Waals surface area contributed by atoms with E-state index in [9.17, 15) is 4.39 Å². The van der Waals surface area contributed by atoms with E-state index in [0.29, 0.717) is 11.5 Å². The molecule has 4 nitrogen and oxygen atoms in total. The third-order valence-electron chi connectivity index (χ3n) is 1.82. The molecule has 1 aromatic heterocycles. The first-order chi connectivity index (χ1) is 6.36. The van der Waals surface area contributed by atoms with Crippen molar-refractivity contribution in [3.8, 4) is 0 Å². The van der Waals surface area contributed by atoms with Gasteiger partial charge in [-0.15, -0.1) is 0 Å². The highest BCUT2D eigenvalue weighted by Crippen LogP contribution is 2.22. The molecule has 78 valence electrons. The number of nitrogens with one attached hydrogen (secondary N) is 1. The number of nitrogens with zero attached hydrogens (tertiary/aromatic N) is 2. The first-order valence-electron chi connectivity index (χ1n) is 4.37. The summed E-state index contributed by atoms with van der Waals surface area (Å²) in [5.41, 5.74) is 2.31. The molecule has 0 unspecified atom stereocenters. The molecule has 0 aromatic carbocycles. The van der Waals surface area contributed by atoms with E-state index in [0.717, 1.165) is 0 Å². The van der Waals surface area contributed by atoms with Crippen LogP contribution in [-0.4, -0.2) is 9.97 Å². The number of hydrazine groups is 1. The highest BCUT2D eigenvalue weighted by Gasteiger charge is 2.20. The molecule has 5 heteroatoms. The van der Waals surface area contributed by atoms with Gasteiger partial charge >= 0.3 is 0 Å². The molecule has 14 heavy (non-hydrogen) atoms. The second kappa shape index (κ2) is 3.49. The quantitative estimate of drug-likeness (QED) is 0.530. The fourth-order valence-corrected chi connectivity index (χ4v) is 0.990. The number of hydrogen-bond donors (Lipinski definition) is 2. The standard InChI is InChI=1S/C9H15FN4/c1-5-6(10)7(14-11)13-8(12-5)9(2,3)4/h11H2,1-4H3,(H,12,13,14). The second-order valence-corrected chi connectivity index (χ2v) is 4.19. The van der Waals surface area contributed by atoms with Crippen LogP contribution in [0.5, 0.6) is 0 Å². The van der Waals surface area contributed by atoms with Crippen LogP contribution in [0.2, 0.25) is 0 Å². The van der Waals surface area contributed by atoms with E-state index < -0.39 is 5.82 Å². The summed E-state index contributed by atoms with van der Waals surface area (Å²) >= 11 is 0.